The van der Waals surface area contributed by atoms with Crippen LogP contribution in [-0.2, 0) is 12.0 Å². The molecule has 4 heterocycles. The van der Waals surface area contributed by atoms with Gasteiger partial charge in [0.25, 0.3) is 0 Å². The second-order valence-corrected chi connectivity index (χ2v) is 9.50. The molecule has 4 bridgehead atoms. The average Bonchev–Trinajstić information content (AvgIpc) is 2.81. The van der Waals surface area contributed by atoms with Crippen LogP contribution in [0.1, 0.15) is 47.6 Å². The summed E-state index contributed by atoms with van der Waals surface area (Å²) in [6, 6.07) is 27.1. The van der Waals surface area contributed by atoms with E-state index in [0.717, 1.165) is 18.4 Å². The number of hydrogen-bond acceptors (Lipinski definition) is 4. The predicted molar refractivity (Wildman–Crippen MR) is 123 cm³/mol. The summed E-state index contributed by atoms with van der Waals surface area (Å²) in [5.74, 6) is 0.778. The molecule has 0 radical (unpaired) electrons. The Morgan fingerprint density at radius 2 is 1.66 bits per heavy atom. The number of ether oxygens (including phenoxy) is 1. The van der Waals surface area contributed by atoms with Crippen LogP contribution in [0.5, 0.6) is 5.75 Å². The Morgan fingerprint density at radius 3 is 2.50 bits per heavy atom. The van der Waals surface area contributed by atoms with E-state index in [9.17, 15) is 4.79 Å². The molecule has 3 aliphatic heterocycles. The van der Waals surface area contributed by atoms with Crippen molar-refractivity contribution in [1.29, 1.82) is 0 Å². The van der Waals surface area contributed by atoms with Gasteiger partial charge in [-0.1, -0.05) is 73.7 Å². The summed E-state index contributed by atoms with van der Waals surface area (Å²) in [6.45, 7) is 3.05. The second kappa shape index (κ2) is 6.33. The van der Waals surface area contributed by atoms with Crippen LogP contribution >= 0.6 is 0 Å². The maximum Gasteiger partial charge on any atom is 0.343 e. The summed E-state index contributed by atoms with van der Waals surface area (Å²) >= 11 is 0. The maximum atomic E-state index is 13.3. The van der Waals surface area contributed by atoms with Gasteiger partial charge in [0.05, 0.1) is 10.9 Å². The molecule has 0 saturated carbocycles. The van der Waals surface area contributed by atoms with Crippen LogP contribution in [-0.4, -0.2) is 11.1 Å². The monoisotopic (exact) mass is 421 g/mol. The smallest absolute Gasteiger partial charge is 0.343 e. The third-order valence-electron chi connectivity index (χ3n) is 7.79. The van der Waals surface area contributed by atoms with Crippen LogP contribution in [0, 0.1) is 0 Å². The zero-order chi connectivity index (χ0) is 21.4. The van der Waals surface area contributed by atoms with E-state index in [1.807, 2.05) is 24.3 Å². The molecular weight excluding hydrogens is 398 g/mol. The zero-order valence-corrected chi connectivity index (χ0v) is 17.8. The molecule has 158 valence electrons. The topological polar surface area (TPSA) is 42.7 Å². The molecular formula is C28H23NO3. The van der Waals surface area contributed by atoms with E-state index in [1.165, 1.54) is 16.7 Å². The standard InChI is InChI=1S/C28H23NO3/c1-28-15-21-18-11-5-6-12-19(18)23(28)26(29(21)16-17-9-3-2-4-10-17)32-25-20-13-7-8-14-22(20)31-27(30)24(25)28/h2-14,21,23,26H,15-16H2,1H3. The van der Waals surface area contributed by atoms with E-state index in [0.29, 0.717) is 16.9 Å². The Hall–Kier alpha value is -3.37. The van der Waals surface area contributed by atoms with Gasteiger partial charge in [0, 0.05) is 23.9 Å². The molecule has 4 unspecified atom stereocenters. The molecule has 4 atom stereocenters. The largest absolute Gasteiger partial charge is 0.473 e. The van der Waals surface area contributed by atoms with Gasteiger partial charge >= 0.3 is 5.63 Å². The van der Waals surface area contributed by atoms with E-state index in [-0.39, 0.29) is 29.2 Å². The third-order valence-corrected chi connectivity index (χ3v) is 7.79. The first-order chi connectivity index (χ1) is 15.6. The fourth-order valence-electron chi connectivity index (χ4n) is 6.46. The average molecular weight is 421 g/mol. The van der Waals surface area contributed by atoms with Gasteiger partial charge in [0.1, 0.15) is 11.3 Å². The maximum absolute atomic E-state index is 13.3. The summed E-state index contributed by atoms with van der Waals surface area (Å²) < 4.78 is 12.6. The molecule has 4 nitrogen and oxygen atoms in total. The minimum Gasteiger partial charge on any atom is -0.473 e. The molecule has 3 aromatic carbocycles. The molecule has 1 aromatic heterocycles. The van der Waals surface area contributed by atoms with Crippen LogP contribution < -0.4 is 10.4 Å². The Morgan fingerprint density at radius 1 is 0.938 bits per heavy atom. The highest BCUT2D eigenvalue weighted by molar-refractivity contribution is 5.85. The zero-order valence-electron chi connectivity index (χ0n) is 17.8. The Kier molecular flexibility index (Phi) is 3.61. The normalized spacial score (nSPS) is 27.6. The SMILES string of the molecule is CC12CC3c4ccccc4C1C(Oc1c2c(=O)oc2ccccc12)N3Cc1ccccc1. The Bertz CT molecular complexity index is 1430. The first-order valence-corrected chi connectivity index (χ1v) is 11.3. The molecule has 0 amide bonds. The molecule has 1 fully saturated rings. The van der Waals surface area contributed by atoms with Crippen LogP contribution in [0.3, 0.4) is 0 Å². The van der Waals surface area contributed by atoms with Crippen molar-refractivity contribution >= 4 is 11.0 Å². The minimum absolute atomic E-state index is 0.0731. The highest BCUT2D eigenvalue weighted by Crippen LogP contribution is 2.63. The van der Waals surface area contributed by atoms with Gasteiger partial charge < -0.3 is 9.15 Å². The van der Waals surface area contributed by atoms with Crippen molar-refractivity contribution in [2.45, 2.75) is 43.5 Å². The second-order valence-electron chi connectivity index (χ2n) is 9.50. The van der Waals surface area contributed by atoms with E-state index in [1.54, 1.807) is 0 Å². The van der Waals surface area contributed by atoms with Crippen molar-refractivity contribution in [1.82, 2.24) is 4.90 Å². The van der Waals surface area contributed by atoms with Gasteiger partial charge in [0.15, 0.2) is 6.23 Å². The summed E-state index contributed by atoms with van der Waals surface area (Å²) in [7, 11) is 0. The van der Waals surface area contributed by atoms with Crippen LogP contribution in [0.25, 0.3) is 11.0 Å². The van der Waals surface area contributed by atoms with E-state index in [4.69, 9.17) is 9.15 Å². The van der Waals surface area contributed by atoms with Crippen LogP contribution in [0.15, 0.2) is 88.1 Å². The lowest BCUT2D eigenvalue weighted by molar-refractivity contribution is -0.118. The van der Waals surface area contributed by atoms with Crippen LogP contribution in [0.4, 0.5) is 0 Å². The number of piperidine rings is 1. The molecule has 4 aliphatic rings. The summed E-state index contributed by atoms with van der Waals surface area (Å²) in [5, 5.41) is 0.878. The number of benzene rings is 3. The molecule has 1 saturated heterocycles. The van der Waals surface area contributed by atoms with Crippen molar-refractivity contribution < 1.29 is 9.15 Å². The Labute approximate surface area is 186 Å². The number of para-hydroxylation sites is 1. The van der Waals surface area contributed by atoms with E-state index < -0.39 is 0 Å². The molecule has 0 N–H and O–H groups in total. The first kappa shape index (κ1) is 18.2. The number of fused-ring (bicyclic) bond motifs is 3. The van der Waals surface area contributed by atoms with Gasteiger partial charge in [-0.05, 0) is 35.2 Å². The summed E-state index contributed by atoms with van der Waals surface area (Å²) in [5.41, 5.74) is 4.62. The van der Waals surface area contributed by atoms with Gasteiger partial charge in [-0.15, -0.1) is 0 Å². The van der Waals surface area contributed by atoms with E-state index in [2.05, 4.69) is 66.4 Å². The molecule has 8 rings (SSSR count). The van der Waals surface area contributed by atoms with Crippen molar-refractivity contribution in [2.24, 2.45) is 0 Å². The highest BCUT2D eigenvalue weighted by atomic mass is 16.5. The van der Waals surface area contributed by atoms with Gasteiger partial charge in [-0.2, -0.15) is 0 Å². The van der Waals surface area contributed by atoms with Crippen molar-refractivity contribution in [3.63, 3.8) is 0 Å². The molecule has 0 spiro atoms. The van der Waals surface area contributed by atoms with Crippen molar-refractivity contribution in [3.05, 3.63) is 112 Å². The van der Waals surface area contributed by atoms with Crippen molar-refractivity contribution in [2.75, 3.05) is 0 Å². The van der Waals surface area contributed by atoms with Gasteiger partial charge in [-0.25, -0.2) is 4.79 Å². The quantitative estimate of drug-likeness (QED) is 0.400. The lowest BCUT2D eigenvalue weighted by atomic mass is 9.55. The number of rotatable bonds is 2. The lowest BCUT2D eigenvalue weighted by Gasteiger charge is -2.61. The third kappa shape index (κ3) is 2.28. The fraction of sp³-hybridized carbons (Fsp3) is 0.250. The molecule has 4 heteroatoms. The highest BCUT2D eigenvalue weighted by Gasteiger charge is 2.61. The molecule has 1 aliphatic carbocycles. The van der Waals surface area contributed by atoms with Crippen LogP contribution in [0.2, 0.25) is 0 Å². The summed E-state index contributed by atoms with van der Waals surface area (Å²) in [4.78, 5) is 15.8. The number of nitrogens with zero attached hydrogens (tertiary/aromatic N) is 1. The fourth-order valence-corrected chi connectivity index (χ4v) is 6.46. The van der Waals surface area contributed by atoms with Crippen molar-refractivity contribution in [3.8, 4) is 5.75 Å². The molecule has 32 heavy (non-hydrogen) atoms. The first-order valence-electron chi connectivity index (χ1n) is 11.3. The molecule has 4 aromatic rings. The lowest BCUT2D eigenvalue weighted by Crippen LogP contribution is -2.63. The number of hydrogen-bond donors (Lipinski definition) is 0. The minimum atomic E-state index is -0.338. The Balaban J connectivity index is 1.48. The van der Waals surface area contributed by atoms with E-state index >= 15 is 0 Å². The predicted octanol–water partition coefficient (Wildman–Crippen LogP) is 5.51. The van der Waals surface area contributed by atoms with Gasteiger partial charge in [-0.3, -0.25) is 4.90 Å². The van der Waals surface area contributed by atoms with Gasteiger partial charge in [0.2, 0.25) is 0 Å². The summed E-state index contributed by atoms with van der Waals surface area (Å²) in [6.07, 6.45) is 0.740.